The molecule has 0 spiro atoms. The lowest BCUT2D eigenvalue weighted by Gasteiger charge is -2.34. The van der Waals surface area contributed by atoms with Crippen LogP contribution < -0.4 is 0 Å². The molecule has 2 nitrogen and oxygen atoms in total. The Bertz CT molecular complexity index is 190. The summed E-state index contributed by atoms with van der Waals surface area (Å²) in [6.07, 6.45) is -3.17. The fourth-order valence-corrected chi connectivity index (χ4v) is 1.93. The number of hydrogen-bond acceptors (Lipinski definition) is 2. The monoisotopic (exact) mass is 225 g/mol. The van der Waals surface area contributed by atoms with Gasteiger partial charge in [-0.2, -0.15) is 13.2 Å². The normalized spacial score (nSPS) is 26.8. The Morgan fingerprint density at radius 3 is 2.40 bits per heavy atom. The van der Waals surface area contributed by atoms with Crippen LogP contribution in [0.5, 0.6) is 0 Å². The summed E-state index contributed by atoms with van der Waals surface area (Å²) in [4.78, 5) is 1.92. The smallest absolute Gasteiger partial charge is 0.389 e. The van der Waals surface area contributed by atoms with Crippen molar-refractivity contribution in [3.8, 4) is 0 Å². The van der Waals surface area contributed by atoms with Crippen LogP contribution in [0.3, 0.4) is 0 Å². The molecule has 90 valence electrons. The van der Waals surface area contributed by atoms with E-state index in [1.807, 2.05) is 11.9 Å². The molecule has 1 saturated carbocycles. The highest BCUT2D eigenvalue weighted by molar-refractivity contribution is 4.80. The predicted molar refractivity (Wildman–Crippen MR) is 51.5 cm³/mol. The maximum absolute atomic E-state index is 11.8. The van der Waals surface area contributed by atoms with Crippen LogP contribution in [0.25, 0.3) is 0 Å². The first-order valence-electron chi connectivity index (χ1n) is 5.30. The summed E-state index contributed by atoms with van der Waals surface area (Å²) in [6, 6.07) is 0. The van der Waals surface area contributed by atoms with Crippen LogP contribution >= 0.6 is 0 Å². The van der Waals surface area contributed by atoms with Gasteiger partial charge in [0.15, 0.2) is 0 Å². The topological polar surface area (TPSA) is 23.5 Å². The van der Waals surface area contributed by atoms with Gasteiger partial charge in [-0.25, -0.2) is 0 Å². The average molecular weight is 225 g/mol. The summed E-state index contributed by atoms with van der Waals surface area (Å²) >= 11 is 0. The molecule has 0 aromatic carbocycles. The lowest BCUT2D eigenvalue weighted by atomic mass is 9.82. The minimum Gasteiger partial charge on any atom is -0.393 e. The van der Waals surface area contributed by atoms with E-state index in [2.05, 4.69) is 0 Å². The van der Waals surface area contributed by atoms with Gasteiger partial charge in [-0.05, 0) is 38.8 Å². The number of nitrogens with zero attached hydrogens (tertiary/aromatic N) is 1. The van der Waals surface area contributed by atoms with Crippen LogP contribution in [0.2, 0.25) is 0 Å². The van der Waals surface area contributed by atoms with Crippen LogP contribution in [-0.4, -0.2) is 42.4 Å². The molecular formula is C10H18F3NO. The van der Waals surface area contributed by atoms with Gasteiger partial charge in [-0.3, -0.25) is 0 Å². The Labute approximate surface area is 88.1 Å². The third kappa shape index (κ3) is 5.37. The zero-order valence-electron chi connectivity index (χ0n) is 8.93. The lowest BCUT2D eigenvalue weighted by Crippen LogP contribution is -2.37. The summed E-state index contributed by atoms with van der Waals surface area (Å²) in [5.74, 6) is 0.468. The van der Waals surface area contributed by atoms with Gasteiger partial charge in [-0.1, -0.05) is 0 Å². The Morgan fingerprint density at radius 2 is 1.93 bits per heavy atom. The van der Waals surface area contributed by atoms with Crippen LogP contribution in [0.1, 0.15) is 25.7 Å². The van der Waals surface area contributed by atoms with Gasteiger partial charge < -0.3 is 10.0 Å². The largest absolute Gasteiger partial charge is 0.393 e. The van der Waals surface area contributed by atoms with E-state index in [1.165, 1.54) is 0 Å². The molecule has 0 unspecified atom stereocenters. The highest BCUT2D eigenvalue weighted by Crippen LogP contribution is 2.28. The van der Waals surface area contributed by atoms with Gasteiger partial charge in [0.1, 0.15) is 0 Å². The van der Waals surface area contributed by atoms with Crippen molar-refractivity contribution in [2.45, 2.75) is 38.0 Å². The first-order valence-corrected chi connectivity index (χ1v) is 5.30. The molecule has 0 bridgehead atoms. The Balaban J connectivity index is 2.01. The minimum absolute atomic E-state index is 0.162. The quantitative estimate of drug-likeness (QED) is 0.774. The Kier molecular flexibility index (Phi) is 4.40. The zero-order valence-corrected chi connectivity index (χ0v) is 8.93. The number of halogens is 3. The molecule has 0 heterocycles. The second-order valence-corrected chi connectivity index (χ2v) is 4.47. The summed E-state index contributed by atoms with van der Waals surface area (Å²) in [7, 11) is 1.83. The van der Waals surface area contributed by atoms with E-state index in [9.17, 15) is 13.2 Å². The van der Waals surface area contributed by atoms with Crippen molar-refractivity contribution in [2.75, 3.05) is 20.1 Å². The number of aliphatic hydroxyl groups excluding tert-OH is 1. The second-order valence-electron chi connectivity index (χ2n) is 4.47. The van der Waals surface area contributed by atoms with E-state index in [0.29, 0.717) is 12.5 Å². The predicted octanol–water partition coefficient (Wildman–Crippen LogP) is 2.03. The number of hydrogen-bond donors (Lipinski definition) is 1. The van der Waals surface area contributed by atoms with Crippen LogP contribution in [-0.2, 0) is 0 Å². The standard InChI is InChI=1S/C10H18F3NO/c1-14(4-2-3-10(11,12)13)7-8-5-9(15)6-8/h8-9,15H,2-7H2,1H3. The summed E-state index contributed by atoms with van der Waals surface area (Å²) in [6.45, 7) is 1.28. The molecule has 1 fully saturated rings. The van der Waals surface area contributed by atoms with Crippen LogP contribution in [0.15, 0.2) is 0 Å². The molecule has 0 saturated heterocycles. The van der Waals surface area contributed by atoms with Crippen molar-refractivity contribution in [1.29, 1.82) is 0 Å². The highest BCUT2D eigenvalue weighted by atomic mass is 19.4. The van der Waals surface area contributed by atoms with E-state index >= 15 is 0 Å². The van der Waals surface area contributed by atoms with Crippen molar-refractivity contribution in [1.82, 2.24) is 4.90 Å². The van der Waals surface area contributed by atoms with E-state index in [4.69, 9.17) is 5.11 Å². The van der Waals surface area contributed by atoms with Crippen molar-refractivity contribution in [3.05, 3.63) is 0 Å². The molecule has 0 aromatic heterocycles. The summed E-state index contributed by atoms with van der Waals surface area (Å²) < 4.78 is 35.5. The van der Waals surface area contributed by atoms with Gasteiger partial charge in [0, 0.05) is 13.0 Å². The lowest BCUT2D eigenvalue weighted by molar-refractivity contribution is -0.136. The molecular weight excluding hydrogens is 207 g/mol. The first kappa shape index (κ1) is 12.8. The van der Waals surface area contributed by atoms with Crippen molar-refractivity contribution in [3.63, 3.8) is 0 Å². The third-order valence-electron chi connectivity index (χ3n) is 2.78. The number of rotatable bonds is 5. The van der Waals surface area contributed by atoms with Gasteiger partial charge in [-0.15, -0.1) is 0 Å². The molecule has 0 aromatic rings. The molecule has 0 radical (unpaired) electrons. The SMILES string of the molecule is CN(CCCC(F)(F)F)CC1CC(O)C1. The van der Waals surface area contributed by atoms with E-state index in [0.717, 1.165) is 19.4 Å². The fourth-order valence-electron chi connectivity index (χ4n) is 1.93. The van der Waals surface area contributed by atoms with Gasteiger partial charge >= 0.3 is 6.18 Å². The van der Waals surface area contributed by atoms with Crippen LogP contribution in [0, 0.1) is 5.92 Å². The van der Waals surface area contributed by atoms with Crippen molar-refractivity contribution >= 4 is 0 Å². The van der Waals surface area contributed by atoms with Gasteiger partial charge in [0.05, 0.1) is 6.10 Å². The summed E-state index contributed by atoms with van der Waals surface area (Å²) in [5.41, 5.74) is 0. The van der Waals surface area contributed by atoms with Crippen molar-refractivity contribution in [2.24, 2.45) is 5.92 Å². The number of aliphatic hydroxyl groups is 1. The maximum atomic E-state index is 11.8. The molecule has 5 heteroatoms. The first-order chi connectivity index (χ1) is 6.87. The fraction of sp³-hybridized carbons (Fsp3) is 1.00. The molecule has 1 rings (SSSR count). The van der Waals surface area contributed by atoms with Gasteiger partial charge in [0.25, 0.3) is 0 Å². The Morgan fingerprint density at radius 1 is 1.33 bits per heavy atom. The van der Waals surface area contributed by atoms with E-state index in [-0.39, 0.29) is 12.5 Å². The van der Waals surface area contributed by atoms with Gasteiger partial charge in [0.2, 0.25) is 0 Å². The van der Waals surface area contributed by atoms with E-state index in [1.54, 1.807) is 0 Å². The third-order valence-corrected chi connectivity index (χ3v) is 2.78. The Hall–Kier alpha value is -0.290. The zero-order chi connectivity index (χ0) is 11.5. The molecule has 0 atom stereocenters. The average Bonchev–Trinajstić information content (AvgIpc) is 1.98. The molecule has 0 aliphatic heterocycles. The maximum Gasteiger partial charge on any atom is 0.389 e. The van der Waals surface area contributed by atoms with Crippen molar-refractivity contribution < 1.29 is 18.3 Å². The molecule has 1 aliphatic carbocycles. The van der Waals surface area contributed by atoms with E-state index < -0.39 is 12.6 Å². The molecule has 1 aliphatic rings. The highest BCUT2D eigenvalue weighted by Gasteiger charge is 2.29. The number of alkyl halides is 3. The minimum atomic E-state index is -4.03. The molecule has 0 amide bonds. The molecule has 1 N–H and O–H groups in total. The molecule has 15 heavy (non-hydrogen) atoms. The second kappa shape index (κ2) is 5.16. The summed E-state index contributed by atoms with van der Waals surface area (Å²) in [5, 5.41) is 9.05. The van der Waals surface area contributed by atoms with Crippen LogP contribution in [0.4, 0.5) is 13.2 Å².